The Bertz CT molecular complexity index is 942. The molecule has 2 aromatic carbocycles. The lowest BCUT2D eigenvalue weighted by Crippen LogP contribution is -2.37. The van der Waals surface area contributed by atoms with Gasteiger partial charge in [0.05, 0.1) is 17.3 Å². The van der Waals surface area contributed by atoms with E-state index in [-0.39, 0.29) is 17.4 Å². The van der Waals surface area contributed by atoms with Gasteiger partial charge in [0, 0.05) is 5.56 Å². The van der Waals surface area contributed by atoms with Crippen LogP contribution in [0.1, 0.15) is 55.0 Å². The summed E-state index contributed by atoms with van der Waals surface area (Å²) in [5, 5.41) is 12.2. The summed E-state index contributed by atoms with van der Waals surface area (Å²) in [7, 11) is 0. The molecule has 0 heterocycles. The molecular weight excluding hydrogens is 449 g/mol. The Hall–Kier alpha value is -2.21. The predicted octanol–water partition coefficient (Wildman–Crippen LogP) is 5.86. The number of carboxylic acids is 1. The Morgan fingerprint density at radius 3 is 2.30 bits per heavy atom. The second-order valence-corrected chi connectivity index (χ2v) is 9.27. The molecule has 0 unspecified atom stereocenters. The molecule has 0 spiro atoms. The first-order valence-electron chi connectivity index (χ1n) is 10.0. The molecule has 0 saturated carbocycles. The molecule has 0 radical (unpaired) electrons. The number of halogens is 2. The number of carboxylic acid groups (broad SMARTS) is 1. The summed E-state index contributed by atoms with van der Waals surface area (Å²) in [6, 6.07) is 8.60. The molecule has 162 valence electrons. The SMILES string of the molecule is Cc1ccccc1-c1cc(C)c(F)c([C@H](CC(=O)O)NC(=O)[C@H](Br)CC(C)C)c1C. The first-order valence-corrected chi connectivity index (χ1v) is 11.0. The minimum Gasteiger partial charge on any atom is -0.481 e. The van der Waals surface area contributed by atoms with Crippen LogP contribution in [0, 0.1) is 32.5 Å². The van der Waals surface area contributed by atoms with E-state index in [2.05, 4.69) is 21.2 Å². The Morgan fingerprint density at radius 1 is 1.10 bits per heavy atom. The highest BCUT2D eigenvalue weighted by molar-refractivity contribution is 9.10. The number of aryl methyl sites for hydroxylation is 2. The Labute approximate surface area is 186 Å². The fraction of sp³-hybridized carbons (Fsp3) is 0.417. The zero-order valence-electron chi connectivity index (χ0n) is 18.1. The summed E-state index contributed by atoms with van der Waals surface area (Å²) in [5.41, 5.74) is 4.11. The van der Waals surface area contributed by atoms with E-state index in [4.69, 9.17) is 0 Å². The van der Waals surface area contributed by atoms with Gasteiger partial charge in [0.25, 0.3) is 0 Å². The van der Waals surface area contributed by atoms with E-state index < -0.39 is 29.1 Å². The summed E-state index contributed by atoms with van der Waals surface area (Å²) in [6.45, 7) is 9.40. The number of carbonyl (C=O) groups is 2. The monoisotopic (exact) mass is 477 g/mol. The lowest BCUT2D eigenvalue weighted by atomic mass is 9.87. The van der Waals surface area contributed by atoms with Gasteiger partial charge in [-0.1, -0.05) is 54.0 Å². The summed E-state index contributed by atoms with van der Waals surface area (Å²) in [6.07, 6.45) is 0.191. The van der Waals surface area contributed by atoms with E-state index in [1.165, 1.54) is 0 Å². The zero-order chi connectivity index (χ0) is 22.6. The van der Waals surface area contributed by atoms with Gasteiger partial charge in [-0.2, -0.15) is 0 Å². The van der Waals surface area contributed by atoms with Gasteiger partial charge in [0.15, 0.2) is 0 Å². The average Bonchev–Trinajstić information content (AvgIpc) is 2.64. The predicted molar refractivity (Wildman–Crippen MR) is 121 cm³/mol. The number of carbonyl (C=O) groups excluding carboxylic acids is 1. The van der Waals surface area contributed by atoms with E-state index in [0.29, 0.717) is 17.5 Å². The third-order valence-electron chi connectivity index (χ3n) is 5.19. The van der Waals surface area contributed by atoms with Crippen molar-refractivity contribution in [3.05, 3.63) is 58.4 Å². The molecule has 4 nitrogen and oxygen atoms in total. The van der Waals surface area contributed by atoms with Crippen LogP contribution in [-0.2, 0) is 9.59 Å². The van der Waals surface area contributed by atoms with Crippen LogP contribution < -0.4 is 5.32 Å². The van der Waals surface area contributed by atoms with Crippen LogP contribution in [0.3, 0.4) is 0 Å². The van der Waals surface area contributed by atoms with E-state index >= 15 is 4.39 Å². The van der Waals surface area contributed by atoms with Crippen LogP contribution in [0.5, 0.6) is 0 Å². The molecule has 0 aromatic heterocycles. The third-order valence-corrected chi connectivity index (χ3v) is 5.98. The molecule has 30 heavy (non-hydrogen) atoms. The quantitative estimate of drug-likeness (QED) is 0.467. The molecule has 2 aromatic rings. The molecule has 0 aliphatic rings. The number of rotatable bonds is 8. The second-order valence-electron chi connectivity index (χ2n) is 8.16. The van der Waals surface area contributed by atoms with Crippen LogP contribution in [-0.4, -0.2) is 21.8 Å². The van der Waals surface area contributed by atoms with Crippen molar-refractivity contribution in [3.63, 3.8) is 0 Å². The maximum Gasteiger partial charge on any atom is 0.305 e. The highest BCUT2D eigenvalue weighted by Gasteiger charge is 2.28. The lowest BCUT2D eigenvalue weighted by Gasteiger charge is -2.25. The van der Waals surface area contributed by atoms with Crippen molar-refractivity contribution in [2.45, 2.75) is 58.3 Å². The van der Waals surface area contributed by atoms with Crippen LogP contribution in [0.15, 0.2) is 30.3 Å². The number of nitrogens with one attached hydrogen (secondary N) is 1. The van der Waals surface area contributed by atoms with Crippen molar-refractivity contribution in [3.8, 4) is 11.1 Å². The lowest BCUT2D eigenvalue weighted by molar-refractivity contribution is -0.137. The fourth-order valence-electron chi connectivity index (χ4n) is 3.66. The minimum absolute atomic E-state index is 0.230. The largest absolute Gasteiger partial charge is 0.481 e. The topological polar surface area (TPSA) is 66.4 Å². The minimum atomic E-state index is -1.10. The molecule has 0 bridgehead atoms. The Balaban J connectivity index is 2.56. The molecule has 2 atom stereocenters. The summed E-state index contributed by atoms with van der Waals surface area (Å²) in [4.78, 5) is 23.8. The van der Waals surface area contributed by atoms with Crippen LogP contribution in [0.4, 0.5) is 4.39 Å². The first-order chi connectivity index (χ1) is 14.0. The molecule has 6 heteroatoms. The fourth-order valence-corrected chi connectivity index (χ4v) is 4.54. The highest BCUT2D eigenvalue weighted by atomic mass is 79.9. The molecule has 2 N–H and O–H groups in total. The number of benzene rings is 2. The Morgan fingerprint density at radius 2 is 1.73 bits per heavy atom. The van der Waals surface area contributed by atoms with E-state index in [1.807, 2.05) is 45.0 Å². The van der Waals surface area contributed by atoms with Crippen molar-refractivity contribution < 1.29 is 19.1 Å². The molecule has 1 amide bonds. The van der Waals surface area contributed by atoms with Crippen molar-refractivity contribution in [2.75, 3.05) is 0 Å². The van der Waals surface area contributed by atoms with Gasteiger partial charge in [-0.3, -0.25) is 9.59 Å². The molecule has 0 aliphatic heterocycles. The number of aliphatic carboxylic acids is 1. The van der Waals surface area contributed by atoms with Crippen molar-refractivity contribution in [2.24, 2.45) is 5.92 Å². The molecule has 2 rings (SSSR count). The van der Waals surface area contributed by atoms with Gasteiger partial charge < -0.3 is 10.4 Å². The van der Waals surface area contributed by atoms with Crippen molar-refractivity contribution in [1.82, 2.24) is 5.32 Å². The second kappa shape index (κ2) is 10.2. The maximum absolute atomic E-state index is 15.3. The van der Waals surface area contributed by atoms with Crippen LogP contribution in [0.2, 0.25) is 0 Å². The standard InChI is InChI=1S/C24H29BrFNO3/c1-13(2)10-19(25)24(30)27-20(12-21(28)29)22-16(5)18(11-15(4)23(22)26)17-9-7-6-8-14(17)3/h6-9,11,13,19-20H,10,12H2,1-5H3,(H,27,30)(H,28,29)/t19-,20+/m1/s1. The first kappa shape index (κ1) is 24.1. The molecule has 0 aliphatic carbocycles. The van der Waals surface area contributed by atoms with E-state index in [9.17, 15) is 14.7 Å². The number of amides is 1. The van der Waals surface area contributed by atoms with Crippen LogP contribution >= 0.6 is 15.9 Å². The summed E-state index contributed by atoms with van der Waals surface area (Å²) >= 11 is 3.37. The third kappa shape index (κ3) is 5.69. The number of alkyl halides is 1. The molecular formula is C24H29BrFNO3. The van der Waals surface area contributed by atoms with Crippen LogP contribution in [0.25, 0.3) is 11.1 Å². The van der Waals surface area contributed by atoms with Crippen molar-refractivity contribution in [1.29, 1.82) is 0 Å². The van der Waals surface area contributed by atoms with Gasteiger partial charge in [0.1, 0.15) is 5.82 Å². The Kier molecular flexibility index (Phi) is 8.18. The zero-order valence-corrected chi connectivity index (χ0v) is 19.6. The van der Waals surface area contributed by atoms with Crippen molar-refractivity contribution >= 4 is 27.8 Å². The normalized spacial score (nSPS) is 13.2. The highest BCUT2D eigenvalue weighted by Crippen LogP contribution is 2.35. The summed E-state index contributed by atoms with van der Waals surface area (Å²) < 4.78 is 15.3. The van der Waals surface area contributed by atoms with E-state index in [0.717, 1.165) is 16.7 Å². The van der Waals surface area contributed by atoms with Gasteiger partial charge >= 0.3 is 5.97 Å². The van der Waals surface area contributed by atoms with Gasteiger partial charge in [-0.25, -0.2) is 4.39 Å². The smallest absolute Gasteiger partial charge is 0.305 e. The summed E-state index contributed by atoms with van der Waals surface area (Å²) in [5.74, 6) is -1.64. The van der Waals surface area contributed by atoms with Gasteiger partial charge in [-0.05, 0) is 67.0 Å². The van der Waals surface area contributed by atoms with Gasteiger partial charge in [0.2, 0.25) is 5.91 Å². The molecule has 0 fully saturated rings. The number of hydrogen-bond acceptors (Lipinski definition) is 2. The van der Waals surface area contributed by atoms with E-state index in [1.54, 1.807) is 19.9 Å². The molecule has 0 saturated heterocycles. The maximum atomic E-state index is 15.3. The number of hydrogen-bond donors (Lipinski definition) is 2. The van der Waals surface area contributed by atoms with Gasteiger partial charge in [-0.15, -0.1) is 0 Å². The average molecular weight is 478 g/mol.